The second kappa shape index (κ2) is 10.4. The first kappa shape index (κ1) is 27.4. The van der Waals surface area contributed by atoms with Crippen LogP contribution in [0.25, 0.3) is 10.9 Å². The average molecular weight is 502 g/mol. The fourth-order valence-corrected chi connectivity index (χ4v) is 4.87. The minimum Gasteiger partial charge on any atom is -0.496 e. The summed E-state index contributed by atoms with van der Waals surface area (Å²) in [5, 5.41) is 3.62. The van der Waals surface area contributed by atoms with Gasteiger partial charge in [0.05, 0.1) is 20.3 Å². The Balaban J connectivity index is 2.09. The molecule has 198 valence electrons. The predicted octanol–water partition coefficient (Wildman–Crippen LogP) is 4.41. The highest BCUT2D eigenvalue weighted by Crippen LogP contribution is 2.42. The molecule has 0 aliphatic carbocycles. The topological polar surface area (TPSA) is 110 Å². The minimum absolute atomic E-state index is 0.228. The highest BCUT2D eigenvalue weighted by atomic mass is 16.6. The van der Waals surface area contributed by atoms with E-state index in [0.29, 0.717) is 12.8 Å². The summed E-state index contributed by atoms with van der Waals surface area (Å²) in [5.74, 6) is 0.118. The van der Waals surface area contributed by atoms with Crippen molar-refractivity contribution in [2.24, 2.45) is 5.92 Å². The number of alkyl carbamates (subject to hydrolysis) is 1. The van der Waals surface area contributed by atoms with Crippen LogP contribution in [0.5, 0.6) is 5.75 Å². The summed E-state index contributed by atoms with van der Waals surface area (Å²) in [6.45, 7) is 13.0. The number of esters is 1. The summed E-state index contributed by atoms with van der Waals surface area (Å²) >= 11 is 0. The second-order valence-corrected chi connectivity index (χ2v) is 10.9. The molecule has 0 bridgehead atoms. The zero-order valence-corrected chi connectivity index (χ0v) is 22.8. The van der Waals surface area contributed by atoms with Crippen molar-refractivity contribution in [3.05, 3.63) is 29.0 Å². The number of methoxy groups -OCH3 is 2. The van der Waals surface area contributed by atoms with Crippen molar-refractivity contribution in [1.29, 1.82) is 0 Å². The van der Waals surface area contributed by atoms with Gasteiger partial charge in [-0.15, -0.1) is 0 Å². The van der Waals surface area contributed by atoms with E-state index in [1.807, 2.05) is 13.0 Å². The zero-order valence-electron chi connectivity index (χ0n) is 22.8. The number of ether oxygens (including phenoxy) is 3. The summed E-state index contributed by atoms with van der Waals surface area (Å²) in [5.41, 5.74) is 3.05. The maximum Gasteiger partial charge on any atom is 0.408 e. The van der Waals surface area contributed by atoms with Gasteiger partial charge >= 0.3 is 12.1 Å². The summed E-state index contributed by atoms with van der Waals surface area (Å²) in [6, 6.07) is 1.85. The minimum atomic E-state index is -0.907. The Morgan fingerprint density at radius 2 is 1.83 bits per heavy atom. The number of rotatable bonds is 6. The third kappa shape index (κ3) is 5.60. The van der Waals surface area contributed by atoms with Gasteiger partial charge in [-0.05, 0) is 64.2 Å². The summed E-state index contributed by atoms with van der Waals surface area (Å²) in [7, 11) is 2.95. The summed E-state index contributed by atoms with van der Waals surface area (Å²) < 4.78 is 16.0. The van der Waals surface area contributed by atoms with E-state index in [0.717, 1.165) is 33.5 Å². The molecule has 1 aromatic carbocycles. The van der Waals surface area contributed by atoms with Crippen LogP contribution in [0, 0.1) is 12.8 Å². The van der Waals surface area contributed by atoms with Crippen LogP contribution in [-0.2, 0) is 25.5 Å². The first-order chi connectivity index (χ1) is 16.8. The van der Waals surface area contributed by atoms with Gasteiger partial charge in [0, 0.05) is 29.1 Å². The molecule has 2 amide bonds. The molecule has 2 aromatic rings. The standard InChI is InChI=1S/C27H39N3O6/c1-14(2)10-20-23-18(17-11-15(3)22(34-8)13-19(17)29-23)12-21(25(32)35-9)30(20)24(31)16(4)28-26(33)36-27(5,6)7/h11,13-14,16,20-21,29H,10,12H2,1-9H3,(H,28,33)/t16-,20-,21+/m0/s1. The van der Waals surface area contributed by atoms with Crippen LogP contribution in [0.1, 0.15) is 70.8 Å². The number of aromatic amines is 1. The molecule has 0 saturated heterocycles. The molecule has 36 heavy (non-hydrogen) atoms. The van der Waals surface area contributed by atoms with Gasteiger partial charge in [-0.2, -0.15) is 0 Å². The summed E-state index contributed by atoms with van der Waals surface area (Å²) in [4.78, 5) is 44.3. The molecule has 0 fully saturated rings. The van der Waals surface area contributed by atoms with Crippen LogP contribution in [0.4, 0.5) is 4.79 Å². The third-order valence-electron chi connectivity index (χ3n) is 6.38. The fourth-order valence-electron chi connectivity index (χ4n) is 4.87. The first-order valence-corrected chi connectivity index (χ1v) is 12.4. The maximum absolute atomic E-state index is 13.8. The largest absolute Gasteiger partial charge is 0.496 e. The molecule has 3 atom stereocenters. The van der Waals surface area contributed by atoms with Crippen LogP contribution in [0.2, 0.25) is 0 Å². The molecular formula is C27H39N3O6. The molecule has 0 spiro atoms. The second-order valence-electron chi connectivity index (χ2n) is 10.9. The zero-order chi connectivity index (χ0) is 26.9. The Morgan fingerprint density at radius 1 is 1.17 bits per heavy atom. The number of aryl methyl sites for hydroxylation is 1. The lowest BCUT2D eigenvalue weighted by Gasteiger charge is -2.42. The molecule has 0 unspecified atom stereocenters. The summed E-state index contributed by atoms with van der Waals surface area (Å²) in [6.07, 6.45) is 0.228. The van der Waals surface area contributed by atoms with Crippen LogP contribution < -0.4 is 10.1 Å². The molecule has 0 radical (unpaired) electrons. The number of H-pyrrole nitrogens is 1. The maximum atomic E-state index is 13.8. The number of fused-ring (bicyclic) bond motifs is 3. The van der Waals surface area contributed by atoms with E-state index < -0.39 is 35.8 Å². The fraction of sp³-hybridized carbons (Fsp3) is 0.593. The van der Waals surface area contributed by atoms with Crippen molar-refractivity contribution in [2.75, 3.05) is 14.2 Å². The molecule has 1 aromatic heterocycles. The number of carbonyl (C=O) groups is 3. The molecule has 2 N–H and O–H groups in total. The molecule has 0 saturated carbocycles. The average Bonchev–Trinajstić information content (AvgIpc) is 3.12. The number of nitrogens with zero attached hydrogens (tertiary/aromatic N) is 1. The van der Waals surface area contributed by atoms with Gasteiger partial charge in [0.15, 0.2) is 0 Å². The van der Waals surface area contributed by atoms with Crippen molar-refractivity contribution < 1.29 is 28.6 Å². The Hall–Kier alpha value is -3.23. The van der Waals surface area contributed by atoms with E-state index in [4.69, 9.17) is 14.2 Å². The van der Waals surface area contributed by atoms with Crippen molar-refractivity contribution >= 4 is 28.9 Å². The van der Waals surface area contributed by atoms with E-state index in [2.05, 4.69) is 30.2 Å². The molecule has 2 heterocycles. The Kier molecular flexibility index (Phi) is 7.91. The number of nitrogens with one attached hydrogen (secondary N) is 2. The van der Waals surface area contributed by atoms with E-state index >= 15 is 0 Å². The van der Waals surface area contributed by atoms with Crippen molar-refractivity contribution in [3.8, 4) is 5.75 Å². The number of hydrogen-bond acceptors (Lipinski definition) is 6. The lowest BCUT2D eigenvalue weighted by Crippen LogP contribution is -2.57. The highest BCUT2D eigenvalue weighted by molar-refractivity contribution is 5.93. The van der Waals surface area contributed by atoms with Crippen LogP contribution in [0.15, 0.2) is 12.1 Å². The normalized spacial score (nSPS) is 18.6. The molecule has 3 rings (SSSR count). The van der Waals surface area contributed by atoms with Gasteiger partial charge < -0.3 is 29.4 Å². The van der Waals surface area contributed by atoms with Crippen molar-refractivity contribution in [1.82, 2.24) is 15.2 Å². The monoisotopic (exact) mass is 501 g/mol. The van der Waals surface area contributed by atoms with E-state index in [1.165, 1.54) is 7.11 Å². The Morgan fingerprint density at radius 3 is 2.39 bits per heavy atom. The van der Waals surface area contributed by atoms with Gasteiger partial charge in [0.25, 0.3) is 0 Å². The number of benzene rings is 1. The molecule has 1 aliphatic heterocycles. The number of amides is 2. The van der Waals surface area contributed by atoms with Gasteiger partial charge in [-0.3, -0.25) is 4.79 Å². The van der Waals surface area contributed by atoms with Crippen LogP contribution in [-0.4, -0.2) is 59.8 Å². The van der Waals surface area contributed by atoms with Gasteiger partial charge in [-0.25, -0.2) is 9.59 Å². The Labute approximate surface area is 212 Å². The Bertz CT molecular complexity index is 1150. The number of aromatic nitrogens is 1. The van der Waals surface area contributed by atoms with Gasteiger partial charge in [0.1, 0.15) is 23.4 Å². The van der Waals surface area contributed by atoms with Crippen LogP contribution in [0.3, 0.4) is 0 Å². The van der Waals surface area contributed by atoms with Crippen molar-refractivity contribution in [3.63, 3.8) is 0 Å². The molecule has 9 nitrogen and oxygen atoms in total. The van der Waals surface area contributed by atoms with E-state index in [-0.39, 0.29) is 11.8 Å². The third-order valence-corrected chi connectivity index (χ3v) is 6.38. The number of hydrogen-bond donors (Lipinski definition) is 2. The van der Waals surface area contributed by atoms with E-state index in [1.54, 1.807) is 39.7 Å². The molecule has 1 aliphatic rings. The first-order valence-electron chi connectivity index (χ1n) is 12.4. The lowest BCUT2D eigenvalue weighted by molar-refractivity contribution is -0.157. The van der Waals surface area contributed by atoms with Crippen LogP contribution >= 0.6 is 0 Å². The van der Waals surface area contributed by atoms with Gasteiger partial charge in [-0.1, -0.05) is 13.8 Å². The van der Waals surface area contributed by atoms with E-state index in [9.17, 15) is 14.4 Å². The van der Waals surface area contributed by atoms with Gasteiger partial charge in [0.2, 0.25) is 5.91 Å². The van der Waals surface area contributed by atoms with Crippen molar-refractivity contribution in [2.45, 2.75) is 85.0 Å². The lowest BCUT2D eigenvalue weighted by atomic mass is 9.86. The molecule has 9 heteroatoms. The quantitative estimate of drug-likeness (QED) is 0.568. The molecular weight excluding hydrogens is 462 g/mol. The predicted molar refractivity (Wildman–Crippen MR) is 137 cm³/mol. The number of carbonyl (C=O) groups excluding carboxylic acids is 3. The highest BCUT2D eigenvalue weighted by Gasteiger charge is 2.45. The smallest absolute Gasteiger partial charge is 0.408 e. The SMILES string of the molecule is COC(=O)[C@H]1Cc2c([nH]c3cc(OC)c(C)cc23)[C@H](CC(C)C)N1C(=O)[C@H](C)NC(=O)OC(C)(C)C.